The minimum Gasteiger partial charge on any atom is -0.287 e. The van der Waals surface area contributed by atoms with Crippen LogP contribution in [0, 0.1) is 0 Å². The lowest BCUT2D eigenvalue weighted by Gasteiger charge is -2.10. The van der Waals surface area contributed by atoms with Crippen LogP contribution >= 0.6 is 23.2 Å². The average Bonchev–Trinajstić information content (AvgIpc) is 2.01. The molecule has 0 N–H and O–H groups in total. The van der Waals surface area contributed by atoms with Crippen molar-refractivity contribution in [2.24, 2.45) is 0 Å². The topological polar surface area (TPSA) is 30.0 Å². The third-order valence-corrected chi connectivity index (χ3v) is 2.08. The number of rotatable bonds is 2. The number of carbonyl (C=O) groups is 1. The Bertz CT molecular complexity index is 356. The van der Waals surface area contributed by atoms with Gasteiger partial charge in [-0.1, -0.05) is 23.2 Å². The maximum absolute atomic E-state index is 12.7. The van der Waals surface area contributed by atoms with Crippen LogP contribution in [0.25, 0.3) is 0 Å². The summed E-state index contributed by atoms with van der Waals surface area (Å²) >= 11 is 11.0. The molecule has 0 aliphatic heterocycles. The van der Waals surface area contributed by atoms with Gasteiger partial charge in [0.05, 0.1) is 10.6 Å². The highest BCUT2D eigenvalue weighted by Gasteiger charge is 2.36. The molecule has 0 saturated heterocycles. The number of carbonyl (C=O) groups excluding carboxylic acids is 1. The molecule has 1 aromatic heterocycles. The van der Waals surface area contributed by atoms with E-state index in [0.717, 1.165) is 0 Å². The SMILES string of the molecule is CC(F)(F)C(=O)c1c(Cl)ccnc1Cl. The van der Waals surface area contributed by atoms with E-state index in [1.54, 1.807) is 0 Å². The minimum atomic E-state index is -3.50. The van der Waals surface area contributed by atoms with Gasteiger partial charge in [-0.05, 0) is 6.07 Å². The Balaban J connectivity index is 3.26. The monoisotopic (exact) mass is 239 g/mol. The van der Waals surface area contributed by atoms with E-state index in [0.29, 0.717) is 6.92 Å². The summed E-state index contributed by atoms with van der Waals surface area (Å²) in [5.41, 5.74) is -0.441. The molecule has 0 atom stereocenters. The van der Waals surface area contributed by atoms with Gasteiger partial charge in [-0.3, -0.25) is 4.79 Å². The van der Waals surface area contributed by atoms with E-state index in [2.05, 4.69) is 4.98 Å². The molecular weight excluding hydrogens is 235 g/mol. The van der Waals surface area contributed by atoms with Crippen LogP contribution in [0.15, 0.2) is 12.3 Å². The summed E-state index contributed by atoms with van der Waals surface area (Å²) in [6, 6.07) is 1.23. The molecule has 0 unspecified atom stereocenters. The first-order valence-electron chi connectivity index (χ1n) is 3.56. The second-order valence-corrected chi connectivity index (χ2v) is 3.44. The van der Waals surface area contributed by atoms with Crippen LogP contribution in [0.3, 0.4) is 0 Å². The van der Waals surface area contributed by atoms with E-state index in [1.165, 1.54) is 12.3 Å². The molecule has 0 radical (unpaired) electrons. The molecular formula is C8H5Cl2F2NO. The summed E-state index contributed by atoms with van der Waals surface area (Å²) in [5, 5.41) is -0.444. The van der Waals surface area contributed by atoms with E-state index in [9.17, 15) is 13.6 Å². The lowest BCUT2D eigenvalue weighted by molar-refractivity contribution is 0.0221. The Morgan fingerprint density at radius 2 is 2.07 bits per heavy atom. The Hall–Kier alpha value is -0.740. The highest BCUT2D eigenvalue weighted by Crippen LogP contribution is 2.28. The van der Waals surface area contributed by atoms with Crippen molar-refractivity contribution >= 4 is 29.0 Å². The van der Waals surface area contributed by atoms with E-state index < -0.39 is 17.3 Å². The highest BCUT2D eigenvalue weighted by molar-refractivity contribution is 6.39. The molecule has 76 valence electrons. The van der Waals surface area contributed by atoms with Gasteiger partial charge in [0.2, 0.25) is 5.78 Å². The lowest BCUT2D eigenvalue weighted by atomic mass is 10.1. The predicted molar refractivity (Wildman–Crippen MR) is 49.2 cm³/mol. The molecule has 0 spiro atoms. The van der Waals surface area contributed by atoms with E-state index in [1.807, 2.05) is 0 Å². The molecule has 6 heteroatoms. The van der Waals surface area contributed by atoms with Crippen LogP contribution in [0.1, 0.15) is 17.3 Å². The normalized spacial score (nSPS) is 11.5. The van der Waals surface area contributed by atoms with Crippen LogP contribution in [-0.4, -0.2) is 16.7 Å². The van der Waals surface area contributed by atoms with Gasteiger partial charge in [0.25, 0.3) is 0 Å². The standard InChI is InChI=1S/C8H5Cl2F2NO/c1-8(11,12)6(14)5-4(9)2-3-13-7(5)10/h2-3H,1H3. The zero-order chi connectivity index (χ0) is 10.9. The summed E-state index contributed by atoms with van der Waals surface area (Å²) < 4.78 is 25.3. The lowest BCUT2D eigenvalue weighted by Crippen LogP contribution is -2.25. The van der Waals surface area contributed by atoms with Gasteiger partial charge in [0.15, 0.2) is 0 Å². The summed E-state index contributed by atoms with van der Waals surface area (Å²) in [7, 11) is 0. The van der Waals surface area contributed by atoms with Crippen LogP contribution in [-0.2, 0) is 0 Å². The summed E-state index contributed by atoms with van der Waals surface area (Å²) in [5.74, 6) is -4.93. The third kappa shape index (κ3) is 2.19. The quantitative estimate of drug-likeness (QED) is 0.586. The fourth-order valence-corrected chi connectivity index (χ4v) is 1.36. The highest BCUT2D eigenvalue weighted by atomic mass is 35.5. The first kappa shape index (κ1) is 11.3. The molecule has 1 heterocycles. The van der Waals surface area contributed by atoms with Crippen molar-refractivity contribution < 1.29 is 13.6 Å². The first-order valence-corrected chi connectivity index (χ1v) is 4.32. The van der Waals surface area contributed by atoms with Crippen molar-refractivity contribution in [3.63, 3.8) is 0 Å². The van der Waals surface area contributed by atoms with Crippen molar-refractivity contribution in [1.29, 1.82) is 0 Å². The predicted octanol–water partition coefficient (Wildman–Crippen LogP) is 3.23. The number of hydrogen-bond acceptors (Lipinski definition) is 2. The van der Waals surface area contributed by atoms with E-state index in [-0.39, 0.29) is 10.2 Å². The number of halogens is 4. The van der Waals surface area contributed by atoms with E-state index in [4.69, 9.17) is 23.2 Å². The van der Waals surface area contributed by atoms with Crippen molar-refractivity contribution in [2.75, 3.05) is 0 Å². The Morgan fingerprint density at radius 1 is 1.50 bits per heavy atom. The van der Waals surface area contributed by atoms with Crippen molar-refractivity contribution in [3.8, 4) is 0 Å². The largest absolute Gasteiger partial charge is 0.307 e. The van der Waals surface area contributed by atoms with Crippen LogP contribution < -0.4 is 0 Å². The fourth-order valence-electron chi connectivity index (χ4n) is 0.836. The van der Waals surface area contributed by atoms with Crippen LogP contribution in [0.2, 0.25) is 10.2 Å². The molecule has 0 amide bonds. The summed E-state index contributed by atoms with van der Waals surface area (Å²) in [4.78, 5) is 14.7. The molecule has 14 heavy (non-hydrogen) atoms. The molecule has 1 aromatic rings. The molecule has 0 bridgehead atoms. The van der Waals surface area contributed by atoms with Crippen molar-refractivity contribution in [2.45, 2.75) is 12.8 Å². The molecule has 0 aliphatic rings. The summed E-state index contributed by atoms with van der Waals surface area (Å²) in [6.45, 7) is 0.481. The number of ketones is 1. The molecule has 0 aliphatic carbocycles. The van der Waals surface area contributed by atoms with Gasteiger partial charge >= 0.3 is 5.92 Å². The van der Waals surface area contributed by atoms with Gasteiger partial charge in [0, 0.05) is 13.1 Å². The maximum Gasteiger partial charge on any atom is 0.307 e. The van der Waals surface area contributed by atoms with Gasteiger partial charge in [-0.15, -0.1) is 0 Å². The number of nitrogens with zero attached hydrogens (tertiary/aromatic N) is 1. The summed E-state index contributed by atoms with van der Waals surface area (Å²) in [6.07, 6.45) is 1.23. The molecule has 0 saturated carbocycles. The minimum absolute atomic E-state index is 0.128. The van der Waals surface area contributed by atoms with Gasteiger partial charge in [0.1, 0.15) is 5.15 Å². The van der Waals surface area contributed by atoms with Gasteiger partial charge in [-0.25, -0.2) is 4.98 Å². The second-order valence-electron chi connectivity index (χ2n) is 2.68. The second kappa shape index (κ2) is 3.79. The van der Waals surface area contributed by atoms with Crippen molar-refractivity contribution in [3.05, 3.63) is 28.0 Å². The molecule has 2 nitrogen and oxygen atoms in total. The smallest absolute Gasteiger partial charge is 0.287 e. The zero-order valence-corrected chi connectivity index (χ0v) is 8.53. The van der Waals surface area contributed by atoms with Gasteiger partial charge < -0.3 is 0 Å². The first-order chi connectivity index (χ1) is 6.34. The van der Waals surface area contributed by atoms with E-state index >= 15 is 0 Å². The molecule has 0 fully saturated rings. The Labute approximate surface area is 88.8 Å². The van der Waals surface area contributed by atoms with Crippen molar-refractivity contribution in [1.82, 2.24) is 4.98 Å². The third-order valence-electron chi connectivity index (χ3n) is 1.48. The molecule has 1 rings (SSSR count). The number of aromatic nitrogens is 1. The zero-order valence-electron chi connectivity index (χ0n) is 7.02. The van der Waals surface area contributed by atoms with Crippen LogP contribution in [0.5, 0.6) is 0 Å². The fraction of sp³-hybridized carbons (Fsp3) is 0.250. The average molecular weight is 240 g/mol. The number of pyridine rings is 1. The van der Waals surface area contributed by atoms with Crippen LogP contribution in [0.4, 0.5) is 8.78 Å². The Morgan fingerprint density at radius 3 is 2.50 bits per heavy atom. The van der Waals surface area contributed by atoms with Gasteiger partial charge in [-0.2, -0.15) is 8.78 Å². The number of alkyl halides is 2. The number of Topliss-reactive ketones (excluding diaryl/α,β-unsaturated/α-hetero) is 1. The maximum atomic E-state index is 12.7. The number of hydrogen-bond donors (Lipinski definition) is 0. The molecule has 0 aromatic carbocycles. The Kier molecular flexibility index (Phi) is 3.07.